The monoisotopic (exact) mass is 283 g/mol. The molecule has 0 fully saturated rings. The van der Waals surface area contributed by atoms with Gasteiger partial charge in [0.05, 0.1) is 13.0 Å². The van der Waals surface area contributed by atoms with Crippen LogP contribution in [0.25, 0.3) is 0 Å². The summed E-state index contributed by atoms with van der Waals surface area (Å²) in [5, 5.41) is 8.89. The maximum atomic E-state index is 13.3. The highest BCUT2D eigenvalue weighted by Crippen LogP contribution is 2.19. The summed E-state index contributed by atoms with van der Waals surface area (Å²) in [5.41, 5.74) is 0.266. The topological polar surface area (TPSA) is 66.8 Å². The van der Waals surface area contributed by atoms with Crippen molar-refractivity contribution in [1.29, 1.82) is 0 Å². The van der Waals surface area contributed by atoms with E-state index in [0.29, 0.717) is 6.54 Å². The average molecular weight is 283 g/mol. The van der Waals surface area contributed by atoms with Crippen molar-refractivity contribution >= 4 is 11.9 Å². The number of nitrogens with zero attached hydrogens (tertiary/aromatic N) is 1. The number of benzene rings is 1. The fraction of sp³-hybridized carbons (Fsp3) is 0.429. The molecular formula is C14H18FNO4. The Morgan fingerprint density at radius 3 is 2.60 bits per heavy atom. The molecule has 0 spiro atoms. The number of carboxylic acid groups (broad SMARTS) is 1. The SMILES string of the molecule is CCN(CC(C)C(=O)O)C(=O)c1ccc(F)c(OC)c1. The maximum absolute atomic E-state index is 13.3. The molecular weight excluding hydrogens is 265 g/mol. The number of carbonyl (C=O) groups is 2. The Hall–Kier alpha value is -2.11. The summed E-state index contributed by atoms with van der Waals surface area (Å²) in [6, 6.07) is 3.82. The van der Waals surface area contributed by atoms with Crippen LogP contribution in [0.2, 0.25) is 0 Å². The van der Waals surface area contributed by atoms with E-state index in [-0.39, 0.29) is 23.8 Å². The zero-order chi connectivity index (χ0) is 15.3. The van der Waals surface area contributed by atoms with Gasteiger partial charge in [-0.1, -0.05) is 6.92 Å². The summed E-state index contributed by atoms with van der Waals surface area (Å²) in [7, 11) is 1.32. The minimum absolute atomic E-state index is 0.0156. The van der Waals surface area contributed by atoms with Gasteiger partial charge >= 0.3 is 5.97 Å². The molecule has 0 heterocycles. The van der Waals surface area contributed by atoms with Crippen molar-refractivity contribution in [1.82, 2.24) is 4.90 Å². The molecule has 0 aliphatic rings. The molecule has 110 valence electrons. The normalized spacial score (nSPS) is 11.8. The first kappa shape index (κ1) is 15.9. The molecule has 0 saturated heterocycles. The van der Waals surface area contributed by atoms with E-state index in [1.54, 1.807) is 6.92 Å². The van der Waals surface area contributed by atoms with E-state index in [9.17, 15) is 14.0 Å². The lowest BCUT2D eigenvalue weighted by Gasteiger charge is -2.23. The number of hydrogen-bond acceptors (Lipinski definition) is 3. The number of aliphatic carboxylic acids is 1. The predicted octanol–water partition coefficient (Wildman–Crippen LogP) is 2.02. The lowest BCUT2D eigenvalue weighted by Crippen LogP contribution is -2.36. The van der Waals surface area contributed by atoms with Crippen LogP contribution in [0, 0.1) is 11.7 Å². The number of methoxy groups -OCH3 is 1. The number of halogens is 1. The first-order chi connectivity index (χ1) is 9.40. The van der Waals surface area contributed by atoms with E-state index >= 15 is 0 Å². The Bertz CT molecular complexity index is 504. The van der Waals surface area contributed by atoms with Gasteiger partial charge in [0.15, 0.2) is 11.6 Å². The smallest absolute Gasteiger partial charge is 0.308 e. The van der Waals surface area contributed by atoms with Gasteiger partial charge in [0.2, 0.25) is 0 Å². The van der Waals surface area contributed by atoms with Gasteiger partial charge in [-0.15, -0.1) is 0 Å². The van der Waals surface area contributed by atoms with Crippen molar-refractivity contribution in [3.05, 3.63) is 29.6 Å². The molecule has 1 rings (SSSR count). The van der Waals surface area contributed by atoms with E-state index in [0.717, 1.165) is 6.07 Å². The molecule has 20 heavy (non-hydrogen) atoms. The van der Waals surface area contributed by atoms with Gasteiger partial charge in [-0.3, -0.25) is 9.59 Å². The lowest BCUT2D eigenvalue weighted by atomic mass is 10.1. The fourth-order valence-electron chi connectivity index (χ4n) is 1.74. The number of rotatable bonds is 6. The third kappa shape index (κ3) is 3.69. The predicted molar refractivity (Wildman–Crippen MR) is 71.3 cm³/mol. The second-order valence-electron chi connectivity index (χ2n) is 4.43. The molecule has 1 N–H and O–H groups in total. The van der Waals surface area contributed by atoms with Crippen LogP contribution in [0.15, 0.2) is 18.2 Å². The molecule has 0 aliphatic carbocycles. The Balaban J connectivity index is 2.93. The van der Waals surface area contributed by atoms with Crippen LogP contribution in [0.5, 0.6) is 5.75 Å². The largest absolute Gasteiger partial charge is 0.494 e. The molecule has 1 atom stereocenters. The van der Waals surface area contributed by atoms with Crippen LogP contribution in [-0.4, -0.2) is 42.1 Å². The maximum Gasteiger partial charge on any atom is 0.308 e. The summed E-state index contributed by atoms with van der Waals surface area (Å²) in [6.45, 7) is 3.76. The Morgan fingerprint density at radius 1 is 1.45 bits per heavy atom. The highest BCUT2D eigenvalue weighted by molar-refractivity contribution is 5.94. The summed E-state index contributed by atoms with van der Waals surface area (Å²) < 4.78 is 18.1. The van der Waals surface area contributed by atoms with Gasteiger partial charge in [-0.25, -0.2) is 4.39 Å². The van der Waals surface area contributed by atoms with Crippen LogP contribution < -0.4 is 4.74 Å². The van der Waals surface area contributed by atoms with E-state index in [1.807, 2.05) is 0 Å². The van der Waals surface area contributed by atoms with Crippen LogP contribution >= 0.6 is 0 Å². The number of hydrogen-bond donors (Lipinski definition) is 1. The minimum atomic E-state index is -0.965. The van der Waals surface area contributed by atoms with Crippen molar-refractivity contribution in [2.75, 3.05) is 20.2 Å². The van der Waals surface area contributed by atoms with Crippen molar-refractivity contribution in [3.63, 3.8) is 0 Å². The molecule has 0 saturated carbocycles. The molecule has 6 heteroatoms. The first-order valence-electron chi connectivity index (χ1n) is 6.26. The molecule has 0 bridgehead atoms. The van der Waals surface area contributed by atoms with Gasteiger partial charge in [0.1, 0.15) is 0 Å². The first-order valence-corrected chi connectivity index (χ1v) is 6.26. The van der Waals surface area contributed by atoms with Gasteiger partial charge < -0.3 is 14.7 Å². The molecule has 5 nitrogen and oxygen atoms in total. The summed E-state index contributed by atoms with van der Waals surface area (Å²) in [4.78, 5) is 24.5. The molecule has 1 aromatic rings. The van der Waals surface area contributed by atoms with Crippen molar-refractivity contribution in [2.24, 2.45) is 5.92 Å². The number of carbonyl (C=O) groups excluding carboxylic acids is 1. The zero-order valence-corrected chi connectivity index (χ0v) is 11.7. The van der Waals surface area contributed by atoms with E-state index in [4.69, 9.17) is 9.84 Å². The Morgan fingerprint density at radius 2 is 2.10 bits per heavy atom. The number of ether oxygens (including phenoxy) is 1. The molecule has 0 aliphatic heterocycles. The number of carboxylic acids is 1. The van der Waals surface area contributed by atoms with Gasteiger partial charge in [-0.05, 0) is 25.1 Å². The lowest BCUT2D eigenvalue weighted by molar-refractivity contribution is -0.141. The van der Waals surface area contributed by atoms with E-state index < -0.39 is 17.7 Å². The van der Waals surface area contributed by atoms with E-state index in [2.05, 4.69) is 0 Å². The minimum Gasteiger partial charge on any atom is -0.494 e. The van der Waals surface area contributed by atoms with Gasteiger partial charge in [0.25, 0.3) is 5.91 Å². The van der Waals surface area contributed by atoms with Crippen LogP contribution in [-0.2, 0) is 4.79 Å². The second kappa shape index (κ2) is 6.88. The average Bonchev–Trinajstić information content (AvgIpc) is 2.44. The number of amides is 1. The zero-order valence-electron chi connectivity index (χ0n) is 11.7. The fourth-order valence-corrected chi connectivity index (χ4v) is 1.74. The molecule has 0 radical (unpaired) electrons. The quantitative estimate of drug-likeness (QED) is 0.867. The third-order valence-electron chi connectivity index (χ3n) is 2.98. The van der Waals surface area contributed by atoms with Crippen molar-refractivity contribution in [2.45, 2.75) is 13.8 Å². The summed E-state index contributed by atoms with van der Waals surface area (Å²) >= 11 is 0. The highest BCUT2D eigenvalue weighted by Gasteiger charge is 2.21. The Kier molecular flexibility index (Phi) is 5.49. The standard InChI is InChI=1S/C14H18FNO4/c1-4-16(8-9(2)14(18)19)13(17)10-5-6-11(15)12(7-10)20-3/h5-7,9H,4,8H2,1-3H3,(H,18,19). The summed E-state index contributed by atoms with van der Waals surface area (Å²) in [6.07, 6.45) is 0. The molecule has 0 aromatic heterocycles. The highest BCUT2D eigenvalue weighted by atomic mass is 19.1. The van der Waals surface area contributed by atoms with Gasteiger partial charge in [0, 0.05) is 18.7 Å². The molecule has 1 amide bonds. The van der Waals surface area contributed by atoms with Crippen LogP contribution in [0.3, 0.4) is 0 Å². The van der Waals surface area contributed by atoms with Crippen LogP contribution in [0.4, 0.5) is 4.39 Å². The third-order valence-corrected chi connectivity index (χ3v) is 2.98. The summed E-state index contributed by atoms with van der Waals surface area (Å²) in [5.74, 6) is -2.54. The van der Waals surface area contributed by atoms with Crippen LogP contribution in [0.1, 0.15) is 24.2 Å². The van der Waals surface area contributed by atoms with E-state index in [1.165, 1.54) is 31.1 Å². The second-order valence-corrected chi connectivity index (χ2v) is 4.43. The molecule has 1 aromatic carbocycles. The molecule has 1 unspecified atom stereocenters. The van der Waals surface area contributed by atoms with Gasteiger partial charge in [-0.2, -0.15) is 0 Å². The van der Waals surface area contributed by atoms with Crippen molar-refractivity contribution < 1.29 is 23.8 Å². The Labute approximate surface area is 117 Å². The van der Waals surface area contributed by atoms with Crippen molar-refractivity contribution in [3.8, 4) is 5.75 Å².